The summed E-state index contributed by atoms with van der Waals surface area (Å²) in [5.74, 6) is -1.70. The van der Waals surface area contributed by atoms with Gasteiger partial charge in [-0.1, -0.05) is 68.8 Å². The largest absolute Gasteiger partial charge is 0.481 e. The van der Waals surface area contributed by atoms with Gasteiger partial charge in [0.2, 0.25) is 5.91 Å². The molecule has 0 radical (unpaired) electrons. The molecule has 0 aliphatic heterocycles. The molecule has 2 aromatic carbocycles. The SMILES string of the molecule is CC(C)[C@@H](CC(=O)N[C@@H]1CCC[C@@H]1C(=O)O)NC(=O)OCC1c2ccccc2-c2ccccc21. The maximum atomic E-state index is 12.7. The Balaban J connectivity index is 1.34. The Morgan fingerprint density at radius 3 is 2.21 bits per heavy atom. The zero-order valence-electron chi connectivity index (χ0n) is 19.6. The normalized spacial score (nSPS) is 19.9. The van der Waals surface area contributed by atoms with Crippen LogP contribution in [0.1, 0.15) is 56.6 Å². The van der Waals surface area contributed by atoms with E-state index in [1.165, 1.54) is 0 Å². The lowest BCUT2D eigenvalue weighted by molar-refractivity contribution is -0.142. The molecule has 7 heteroatoms. The fraction of sp³-hybridized carbons (Fsp3) is 0.444. The molecule has 0 heterocycles. The standard InChI is InChI=1S/C27H32N2O5/c1-16(2)24(14-25(30)28-23-13-7-12-21(23)26(31)32)29-27(33)34-15-22-19-10-5-3-8-17(19)18-9-4-6-11-20(18)22/h3-6,8-11,16,21-24H,7,12-15H2,1-2H3,(H,28,30)(H,29,33)(H,31,32)/t21-,23+,24+/m0/s1. The minimum Gasteiger partial charge on any atom is -0.481 e. The van der Waals surface area contributed by atoms with Crippen molar-refractivity contribution in [1.82, 2.24) is 10.6 Å². The zero-order valence-corrected chi connectivity index (χ0v) is 19.6. The van der Waals surface area contributed by atoms with Gasteiger partial charge in [-0.15, -0.1) is 0 Å². The Labute approximate surface area is 199 Å². The number of rotatable bonds is 8. The molecule has 34 heavy (non-hydrogen) atoms. The van der Waals surface area contributed by atoms with Gasteiger partial charge >= 0.3 is 12.1 Å². The molecule has 0 saturated heterocycles. The number of hydrogen-bond acceptors (Lipinski definition) is 4. The van der Waals surface area contributed by atoms with Gasteiger partial charge in [0.1, 0.15) is 6.61 Å². The number of carbonyl (C=O) groups excluding carboxylic acids is 2. The van der Waals surface area contributed by atoms with Crippen molar-refractivity contribution in [3.8, 4) is 11.1 Å². The first-order valence-electron chi connectivity index (χ1n) is 12.0. The van der Waals surface area contributed by atoms with Crippen molar-refractivity contribution >= 4 is 18.0 Å². The van der Waals surface area contributed by atoms with E-state index in [9.17, 15) is 19.5 Å². The summed E-state index contributed by atoms with van der Waals surface area (Å²) in [6.45, 7) is 4.06. The Hall–Kier alpha value is -3.35. The highest BCUT2D eigenvalue weighted by Crippen LogP contribution is 2.44. The summed E-state index contributed by atoms with van der Waals surface area (Å²) in [6.07, 6.45) is 1.54. The second-order valence-corrected chi connectivity index (χ2v) is 9.57. The van der Waals surface area contributed by atoms with Gasteiger partial charge in [-0.25, -0.2) is 4.79 Å². The van der Waals surface area contributed by atoms with Gasteiger partial charge in [0.15, 0.2) is 0 Å². The van der Waals surface area contributed by atoms with Crippen molar-refractivity contribution in [3.63, 3.8) is 0 Å². The molecule has 0 unspecified atom stereocenters. The number of hydrogen-bond donors (Lipinski definition) is 3. The van der Waals surface area contributed by atoms with Crippen molar-refractivity contribution in [2.45, 2.75) is 57.5 Å². The summed E-state index contributed by atoms with van der Waals surface area (Å²) in [7, 11) is 0. The van der Waals surface area contributed by atoms with Gasteiger partial charge < -0.3 is 20.5 Å². The molecule has 2 aliphatic carbocycles. The van der Waals surface area contributed by atoms with Crippen LogP contribution in [0.25, 0.3) is 11.1 Å². The smallest absolute Gasteiger partial charge is 0.407 e. The van der Waals surface area contributed by atoms with Crippen LogP contribution in [0.4, 0.5) is 4.79 Å². The van der Waals surface area contributed by atoms with Crippen molar-refractivity contribution in [3.05, 3.63) is 59.7 Å². The predicted octanol–water partition coefficient (Wildman–Crippen LogP) is 4.31. The predicted molar refractivity (Wildman–Crippen MR) is 128 cm³/mol. The maximum absolute atomic E-state index is 12.7. The minimum atomic E-state index is -0.875. The molecule has 3 atom stereocenters. The first kappa shape index (κ1) is 23.8. The van der Waals surface area contributed by atoms with Crippen molar-refractivity contribution in [2.24, 2.45) is 11.8 Å². The second kappa shape index (κ2) is 10.3. The van der Waals surface area contributed by atoms with Crippen LogP contribution in [0.2, 0.25) is 0 Å². The number of nitrogens with one attached hydrogen (secondary N) is 2. The van der Waals surface area contributed by atoms with Crippen LogP contribution >= 0.6 is 0 Å². The van der Waals surface area contributed by atoms with E-state index in [0.29, 0.717) is 12.8 Å². The number of alkyl carbamates (subject to hydrolysis) is 1. The molecule has 3 N–H and O–H groups in total. The first-order chi connectivity index (χ1) is 16.3. The zero-order chi connectivity index (χ0) is 24.2. The molecule has 0 spiro atoms. The molecule has 4 rings (SSSR count). The van der Waals surface area contributed by atoms with Crippen LogP contribution in [0.15, 0.2) is 48.5 Å². The highest BCUT2D eigenvalue weighted by molar-refractivity contribution is 5.80. The third-order valence-electron chi connectivity index (χ3n) is 7.04. The third-order valence-corrected chi connectivity index (χ3v) is 7.04. The van der Waals surface area contributed by atoms with Crippen LogP contribution in [0, 0.1) is 11.8 Å². The molecule has 1 saturated carbocycles. The summed E-state index contributed by atoms with van der Waals surface area (Å²) in [5.41, 5.74) is 4.60. The molecular weight excluding hydrogens is 432 g/mol. The van der Waals surface area contributed by atoms with Crippen LogP contribution < -0.4 is 10.6 Å². The van der Waals surface area contributed by atoms with E-state index < -0.39 is 24.0 Å². The summed E-state index contributed by atoms with van der Waals surface area (Å²) in [6, 6.07) is 15.5. The summed E-state index contributed by atoms with van der Waals surface area (Å²) in [4.78, 5) is 36.7. The third kappa shape index (κ3) is 5.08. The number of benzene rings is 2. The second-order valence-electron chi connectivity index (χ2n) is 9.57. The molecule has 2 aromatic rings. The Morgan fingerprint density at radius 1 is 1.00 bits per heavy atom. The fourth-order valence-corrected chi connectivity index (χ4v) is 5.14. The number of aliphatic carboxylic acids is 1. The Morgan fingerprint density at radius 2 is 1.62 bits per heavy atom. The highest BCUT2D eigenvalue weighted by Gasteiger charge is 2.34. The van der Waals surface area contributed by atoms with E-state index >= 15 is 0 Å². The lowest BCUT2D eigenvalue weighted by atomic mass is 9.98. The van der Waals surface area contributed by atoms with E-state index in [2.05, 4.69) is 34.9 Å². The van der Waals surface area contributed by atoms with E-state index in [0.717, 1.165) is 28.7 Å². The van der Waals surface area contributed by atoms with Gasteiger partial charge in [0, 0.05) is 24.4 Å². The molecule has 2 aliphatic rings. The van der Waals surface area contributed by atoms with Crippen molar-refractivity contribution < 1.29 is 24.2 Å². The first-order valence-corrected chi connectivity index (χ1v) is 12.0. The fourth-order valence-electron chi connectivity index (χ4n) is 5.14. The number of carboxylic acid groups (broad SMARTS) is 1. The summed E-state index contributed by atoms with van der Waals surface area (Å²) in [5, 5.41) is 15.0. The molecule has 180 valence electrons. The number of carbonyl (C=O) groups is 3. The Bertz CT molecular complexity index is 1020. The Kier molecular flexibility index (Phi) is 7.20. The molecule has 0 bridgehead atoms. The van der Waals surface area contributed by atoms with Crippen LogP contribution in [0.3, 0.4) is 0 Å². The van der Waals surface area contributed by atoms with E-state index in [1.54, 1.807) is 0 Å². The minimum absolute atomic E-state index is 0.00470. The number of fused-ring (bicyclic) bond motifs is 3. The van der Waals surface area contributed by atoms with Crippen molar-refractivity contribution in [2.75, 3.05) is 6.61 Å². The topological polar surface area (TPSA) is 105 Å². The quantitative estimate of drug-likeness (QED) is 0.540. The van der Waals surface area contributed by atoms with Gasteiger partial charge in [0.05, 0.1) is 5.92 Å². The maximum Gasteiger partial charge on any atom is 0.407 e. The van der Waals surface area contributed by atoms with Gasteiger partial charge in [-0.3, -0.25) is 9.59 Å². The lowest BCUT2D eigenvalue weighted by Gasteiger charge is -2.24. The summed E-state index contributed by atoms with van der Waals surface area (Å²) < 4.78 is 5.62. The van der Waals surface area contributed by atoms with E-state index in [4.69, 9.17) is 4.74 Å². The molecular formula is C27H32N2O5. The lowest BCUT2D eigenvalue weighted by Crippen LogP contribution is -2.46. The van der Waals surface area contributed by atoms with E-state index in [1.807, 2.05) is 38.1 Å². The molecule has 2 amide bonds. The highest BCUT2D eigenvalue weighted by atomic mass is 16.5. The number of ether oxygens (including phenoxy) is 1. The average Bonchev–Trinajstić information content (AvgIpc) is 3.40. The van der Waals surface area contributed by atoms with Gasteiger partial charge in [0.25, 0.3) is 0 Å². The number of amides is 2. The average molecular weight is 465 g/mol. The van der Waals surface area contributed by atoms with Crippen LogP contribution in [0.5, 0.6) is 0 Å². The number of carboxylic acids is 1. The van der Waals surface area contributed by atoms with Gasteiger partial charge in [-0.05, 0) is 41.0 Å². The van der Waals surface area contributed by atoms with Crippen LogP contribution in [-0.4, -0.2) is 41.8 Å². The monoisotopic (exact) mass is 464 g/mol. The van der Waals surface area contributed by atoms with Crippen molar-refractivity contribution in [1.29, 1.82) is 0 Å². The van der Waals surface area contributed by atoms with Crippen LogP contribution in [-0.2, 0) is 14.3 Å². The summed E-state index contributed by atoms with van der Waals surface area (Å²) >= 11 is 0. The van der Waals surface area contributed by atoms with Gasteiger partial charge in [-0.2, -0.15) is 0 Å². The molecule has 1 fully saturated rings. The molecule has 0 aromatic heterocycles. The molecule has 7 nitrogen and oxygen atoms in total. The van der Waals surface area contributed by atoms with E-state index in [-0.39, 0.29) is 36.8 Å².